The van der Waals surface area contributed by atoms with Crippen molar-refractivity contribution in [3.8, 4) is 0 Å². The lowest BCUT2D eigenvalue weighted by Gasteiger charge is -2.22. The smallest absolute Gasteiger partial charge is 0.159 e. The zero-order chi connectivity index (χ0) is 12.1. The summed E-state index contributed by atoms with van der Waals surface area (Å²) in [6.07, 6.45) is 2.78. The van der Waals surface area contributed by atoms with Crippen molar-refractivity contribution in [3.05, 3.63) is 30.5 Å². The van der Waals surface area contributed by atoms with Gasteiger partial charge < -0.3 is 10.0 Å². The number of aromatic nitrogens is 2. The molecule has 0 saturated heterocycles. The number of anilines is 1. The second-order valence-corrected chi connectivity index (χ2v) is 3.97. The Labute approximate surface area is 101 Å². The molecule has 0 aliphatic rings. The Bertz CT molecular complexity index is 476. The molecule has 1 aromatic heterocycles. The molecule has 2 aromatic rings. The summed E-state index contributed by atoms with van der Waals surface area (Å²) in [5.41, 5.74) is 0. The highest BCUT2D eigenvalue weighted by atomic mass is 16.3. The molecule has 0 aliphatic heterocycles. The van der Waals surface area contributed by atoms with Crippen molar-refractivity contribution in [2.45, 2.75) is 13.3 Å². The maximum absolute atomic E-state index is 9.11. The molecule has 17 heavy (non-hydrogen) atoms. The molecule has 0 radical (unpaired) electrons. The van der Waals surface area contributed by atoms with Crippen LogP contribution in [0.5, 0.6) is 0 Å². The van der Waals surface area contributed by atoms with E-state index in [1.807, 2.05) is 24.3 Å². The van der Waals surface area contributed by atoms with Crippen LogP contribution in [0, 0.1) is 0 Å². The van der Waals surface area contributed by atoms with Gasteiger partial charge in [-0.15, -0.1) is 5.10 Å². The number of rotatable bonds is 5. The SMILES string of the molecule is CCCN(CCO)c1nncc2ccccc12. The monoisotopic (exact) mass is 231 g/mol. The molecule has 90 valence electrons. The van der Waals surface area contributed by atoms with Crippen LogP contribution in [-0.2, 0) is 0 Å². The van der Waals surface area contributed by atoms with Crippen molar-refractivity contribution in [2.24, 2.45) is 0 Å². The third-order valence-corrected chi connectivity index (χ3v) is 2.71. The number of hydrogen-bond donors (Lipinski definition) is 1. The van der Waals surface area contributed by atoms with Gasteiger partial charge in [-0.25, -0.2) is 0 Å². The van der Waals surface area contributed by atoms with Gasteiger partial charge in [0, 0.05) is 23.9 Å². The standard InChI is InChI=1S/C13H17N3O/c1-2-7-16(8-9-17)13-12-6-4-3-5-11(12)10-14-15-13/h3-6,10,17H,2,7-9H2,1H3. The van der Waals surface area contributed by atoms with Crippen LogP contribution >= 0.6 is 0 Å². The Morgan fingerprint density at radius 3 is 2.82 bits per heavy atom. The van der Waals surface area contributed by atoms with E-state index < -0.39 is 0 Å². The second-order valence-electron chi connectivity index (χ2n) is 3.97. The molecule has 0 atom stereocenters. The zero-order valence-electron chi connectivity index (χ0n) is 10.0. The average molecular weight is 231 g/mol. The molecule has 0 unspecified atom stereocenters. The lowest BCUT2D eigenvalue weighted by molar-refractivity contribution is 0.301. The topological polar surface area (TPSA) is 49.2 Å². The van der Waals surface area contributed by atoms with E-state index in [0.717, 1.165) is 29.6 Å². The maximum atomic E-state index is 9.11. The Balaban J connectivity index is 2.44. The van der Waals surface area contributed by atoms with E-state index in [-0.39, 0.29) is 6.61 Å². The van der Waals surface area contributed by atoms with Crippen molar-refractivity contribution in [2.75, 3.05) is 24.6 Å². The first-order chi connectivity index (χ1) is 8.36. The van der Waals surface area contributed by atoms with Crippen LogP contribution in [0.3, 0.4) is 0 Å². The number of aliphatic hydroxyl groups excluding tert-OH is 1. The van der Waals surface area contributed by atoms with Crippen molar-refractivity contribution < 1.29 is 5.11 Å². The van der Waals surface area contributed by atoms with Crippen LogP contribution < -0.4 is 4.90 Å². The highest BCUT2D eigenvalue weighted by molar-refractivity contribution is 5.91. The molecule has 0 saturated carbocycles. The van der Waals surface area contributed by atoms with Gasteiger partial charge in [-0.3, -0.25) is 0 Å². The summed E-state index contributed by atoms with van der Waals surface area (Å²) in [7, 11) is 0. The minimum absolute atomic E-state index is 0.130. The number of fused-ring (bicyclic) bond motifs is 1. The van der Waals surface area contributed by atoms with Crippen LogP contribution in [-0.4, -0.2) is 35.0 Å². The Hall–Kier alpha value is -1.68. The molecule has 1 aromatic carbocycles. The normalized spacial score (nSPS) is 10.7. The molecule has 0 spiro atoms. The van der Waals surface area contributed by atoms with Crippen molar-refractivity contribution >= 4 is 16.6 Å². The molecule has 0 bridgehead atoms. The van der Waals surface area contributed by atoms with Gasteiger partial charge in [-0.05, 0) is 6.42 Å². The molecule has 1 N–H and O–H groups in total. The first-order valence-electron chi connectivity index (χ1n) is 5.93. The third kappa shape index (κ3) is 2.53. The van der Waals surface area contributed by atoms with E-state index in [9.17, 15) is 0 Å². The third-order valence-electron chi connectivity index (χ3n) is 2.71. The van der Waals surface area contributed by atoms with Gasteiger partial charge in [0.25, 0.3) is 0 Å². The zero-order valence-corrected chi connectivity index (χ0v) is 10.0. The van der Waals surface area contributed by atoms with Gasteiger partial charge in [-0.2, -0.15) is 5.10 Å². The molecule has 0 amide bonds. The highest BCUT2D eigenvalue weighted by Gasteiger charge is 2.10. The predicted molar refractivity (Wildman–Crippen MR) is 69.1 cm³/mol. The summed E-state index contributed by atoms with van der Waals surface area (Å²) in [6.45, 7) is 3.72. The quantitative estimate of drug-likeness (QED) is 0.853. The molecule has 2 rings (SSSR count). The molecule has 4 nitrogen and oxygen atoms in total. The van der Waals surface area contributed by atoms with Crippen LogP contribution in [0.2, 0.25) is 0 Å². The van der Waals surface area contributed by atoms with Gasteiger partial charge >= 0.3 is 0 Å². The summed E-state index contributed by atoms with van der Waals surface area (Å²) >= 11 is 0. The van der Waals surface area contributed by atoms with E-state index in [1.54, 1.807) is 6.20 Å². The van der Waals surface area contributed by atoms with Gasteiger partial charge in [0.05, 0.1) is 12.8 Å². The number of aliphatic hydroxyl groups is 1. The molecular weight excluding hydrogens is 214 g/mol. The maximum Gasteiger partial charge on any atom is 0.159 e. The van der Waals surface area contributed by atoms with Crippen LogP contribution in [0.4, 0.5) is 5.82 Å². The van der Waals surface area contributed by atoms with Crippen molar-refractivity contribution in [1.29, 1.82) is 0 Å². The lowest BCUT2D eigenvalue weighted by atomic mass is 10.2. The molecule has 0 fully saturated rings. The van der Waals surface area contributed by atoms with E-state index >= 15 is 0 Å². The molecule has 1 heterocycles. The summed E-state index contributed by atoms with van der Waals surface area (Å²) in [5.74, 6) is 0.860. The highest BCUT2D eigenvalue weighted by Crippen LogP contribution is 2.22. The fraction of sp³-hybridized carbons (Fsp3) is 0.385. The predicted octanol–water partition coefficient (Wildman–Crippen LogP) is 1.84. The summed E-state index contributed by atoms with van der Waals surface area (Å²) in [4.78, 5) is 2.08. The van der Waals surface area contributed by atoms with Gasteiger partial charge in [0.1, 0.15) is 0 Å². The molecular formula is C13H17N3O. The summed E-state index contributed by atoms with van der Waals surface area (Å²) < 4.78 is 0. The van der Waals surface area contributed by atoms with Crippen LogP contribution in [0.1, 0.15) is 13.3 Å². The second kappa shape index (κ2) is 5.59. The fourth-order valence-electron chi connectivity index (χ4n) is 1.96. The summed E-state index contributed by atoms with van der Waals surface area (Å²) in [6, 6.07) is 8.05. The number of benzene rings is 1. The first kappa shape index (κ1) is 11.8. The minimum atomic E-state index is 0.130. The minimum Gasteiger partial charge on any atom is -0.395 e. The first-order valence-corrected chi connectivity index (χ1v) is 5.93. The largest absolute Gasteiger partial charge is 0.395 e. The number of nitrogens with zero attached hydrogens (tertiary/aromatic N) is 3. The Morgan fingerprint density at radius 1 is 1.24 bits per heavy atom. The van der Waals surface area contributed by atoms with Gasteiger partial charge in [-0.1, -0.05) is 31.2 Å². The fourth-order valence-corrected chi connectivity index (χ4v) is 1.96. The molecule has 0 aliphatic carbocycles. The Kier molecular flexibility index (Phi) is 3.88. The van der Waals surface area contributed by atoms with Crippen molar-refractivity contribution in [1.82, 2.24) is 10.2 Å². The van der Waals surface area contributed by atoms with E-state index in [1.165, 1.54) is 0 Å². The van der Waals surface area contributed by atoms with Crippen molar-refractivity contribution in [3.63, 3.8) is 0 Å². The number of hydrogen-bond acceptors (Lipinski definition) is 4. The average Bonchev–Trinajstić information content (AvgIpc) is 2.38. The van der Waals surface area contributed by atoms with Gasteiger partial charge in [0.2, 0.25) is 0 Å². The van der Waals surface area contributed by atoms with Crippen LogP contribution in [0.15, 0.2) is 30.5 Å². The Morgan fingerprint density at radius 2 is 2.06 bits per heavy atom. The van der Waals surface area contributed by atoms with Crippen LogP contribution in [0.25, 0.3) is 10.8 Å². The van der Waals surface area contributed by atoms with E-state index in [0.29, 0.717) is 6.54 Å². The summed E-state index contributed by atoms with van der Waals surface area (Å²) in [5, 5.41) is 19.5. The lowest BCUT2D eigenvalue weighted by Crippen LogP contribution is -2.28. The van der Waals surface area contributed by atoms with E-state index in [4.69, 9.17) is 5.11 Å². The van der Waals surface area contributed by atoms with Gasteiger partial charge in [0.15, 0.2) is 5.82 Å². The van der Waals surface area contributed by atoms with E-state index in [2.05, 4.69) is 22.0 Å². The molecule has 4 heteroatoms.